The first-order valence-corrected chi connectivity index (χ1v) is 12.4. The summed E-state index contributed by atoms with van der Waals surface area (Å²) >= 11 is 7.21. The Labute approximate surface area is 219 Å². The predicted molar refractivity (Wildman–Crippen MR) is 136 cm³/mol. The normalized spacial score (nSPS) is 15.2. The third-order valence-electron chi connectivity index (χ3n) is 5.55. The molecule has 1 aromatic heterocycles. The molecular weight excluding hydrogens is 523 g/mol. The summed E-state index contributed by atoms with van der Waals surface area (Å²) in [6.45, 7) is 4.70. The third kappa shape index (κ3) is 5.07. The maximum Gasteiger partial charge on any atom is 0.338 e. The maximum atomic E-state index is 14.5. The number of hydrogen-bond acceptors (Lipinski definition) is 8. The van der Waals surface area contributed by atoms with Crippen LogP contribution in [0.25, 0.3) is 6.08 Å². The molecule has 0 amide bonds. The summed E-state index contributed by atoms with van der Waals surface area (Å²) in [5.74, 6) is -1.34. The second-order valence-corrected chi connectivity index (χ2v) is 9.36. The number of nitrogens with zero attached hydrogens (tertiary/aromatic N) is 2. The highest BCUT2D eigenvalue weighted by Gasteiger charge is 2.34. The number of aromatic nitrogens is 1. The number of carbonyl (C=O) groups is 2. The quantitative estimate of drug-likeness (QED) is 0.348. The van der Waals surface area contributed by atoms with Crippen LogP contribution in [0, 0.1) is 5.82 Å². The van der Waals surface area contributed by atoms with Crippen molar-refractivity contribution in [3.8, 4) is 11.5 Å². The molecule has 1 unspecified atom stereocenters. The Balaban J connectivity index is 1.98. The molecule has 0 fully saturated rings. The van der Waals surface area contributed by atoms with Gasteiger partial charge in [0.25, 0.3) is 5.56 Å². The summed E-state index contributed by atoms with van der Waals surface area (Å²) in [5, 5.41) is 0.150. The minimum atomic E-state index is -0.936. The Kier molecular flexibility index (Phi) is 7.60. The van der Waals surface area contributed by atoms with E-state index < -0.39 is 29.4 Å². The van der Waals surface area contributed by atoms with Crippen molar-refractivity contribution < 1.29 is 28.2 Å². The van der Waals surface area contributed by atoms with Crippen LogP contribution >= 0.6 is 22.9 Å². The van der Waals surface area contributed by atoms with Gasteiger partial charge in [-0.3, -0.25) is 14.2 Å². The largest absolute Gasteiger partial charge is 0.493 e. The maximum absolute atomic E-state index is 14.5. The Morgan fingerprint density at radius 1 is 1.24 bits per heavy atom. The first-order chi connectivity index (χ1) is 17.7. The number of carbonyl (C=O) groups excluding carboxylic acids is 2. The van der Waals surface area contributed by atoms with E-state index in [-0.39, 0.29) is 38.8 Å². The molecule has 11 heteroatoms. The number of fused-ring (bicyclic) bond motifs is 1. The molecule has 0 bridgehead atoms. The monoisotopic (exact) mass is 544 g/mol. The lowest BCUT2D eigenvalue weighted by atomic mass is 9.95. The first kappa shape index (κ1) is 26.3. The van der Waals surface area contributed by atoms with E-state index >= 15 is 0 Å². The number of hydrogen-bond donors (Lipinski definition) is 0. The van der Waals surface area contributed by atoms with E-state index in [0.29, 0.717) is 16.1 Å². The Morgan fingerprint density at radius 3 is 2.65 bits per heavy atom. The van der Waals surface area contributed by atoms with E-state index in [4.69, 9.17) is 25.8 Å². The van der Waals surface area contributed by atoms with Gasteiger partial charge in [-0.2, -0.15) is 0 Å². The average Bonchev–Trinajstić information content (AvgIpc) is 3.15. The van der Waals surface area contributed by atoms with E-state index in [1.807, 2.05) is 0 Å². The highest BCUT2D eigenvalue weighted by Crippen LogP contribution is 2.36. The van der Waals surface area contributed by atoms with E-state index in [2.05, 4.69) is 4.99 Å². The minimum absolute atomic E-state index is 0.0692. The van der Waals surface area contributed by atoms with Gasteiger partial charge < -0.3 is 14.2 Å². The van der Waals surface area contributed by atoms with Gasteiger partial charge in [0.2, 0.25) is 0 Å². The van der Waals surface area contributed by atoms with Crippen molar-refractivity contribution in [2.45, 2.75) is 26.8 Å². The summed E-state index contributed by atoms with van der Waals surface area (Å²) in [6.07, 6.45) is 1.37. The second kappa shape index (κ2) is 10.7. The zero-order valence-corrected chi connectivity index (χ0v) is 21.9. The number of methoxy groups -OCH3 is 1. The molecule has 37 heavy (non-hydrogen) atoms. The highest BCUT2D eigenvalue weighted by molar-refractivity contribution is 7.07. The van der Waals surface area contributed by atoms with Gasteiger partial charge >= 0.3 is 11.9 Å². The number of ether oxygens (including phenoxy) is 3. The van der Waals surface area contributed by atoms with Gasteiger partial charge in [0.1, 0.15) is 5.82 Å². The summed E-state index contributed by atoms with van der Waals surface area (Å²) in [4.78, 5) is 43.0. The van der Waals surface area contributed by atoms with Crippen LogP contribution in [0.4, 0.5) is 4.39 Å². The van der Waals surface area contributed by atoms with Gasteiger partial charge in [0.15, 0.2) is 16.3 Å². The van der Waals surface area contributed by atoms with Crippen LogP contribution in [0.5, 0.6) is 11.5 Å². The Hall–Kier alpha value is -3.76. The van der Waals surface area contributed by atoms with Crippen molar-refractivity contribution in [1.29, 1.82) is 0 Å². The van der Waals surface area contributed by atoms with Crippen molar-refractivity contribution in [1.82, 2.24) is 4.57 Å². The van der Waals surface area contributed by atoms with Crippen molar-refractivity contribution in [3.63, 3.8) is 0 Å². The second-order valence-electron chi connectivity index (χ2n) is 7.94. The SMILES string of the molecule is CCOC(=O)C1=C(C)N=c2s/c(=C\c3c(F)cccc3Cl)c(=O)n2C1c1ccc(OC(C)=O)c(OC)c1. The molecule has 1 aliphatic heterocycles. The number of halogens is 2. The van der Waals surface area contributed by atoms with Crippen molar-refractivity contribution in [3.05, 3.63) is 89.3 Å². The molecule has 3 aromatic rings. The zero-order chi connectivity index (χ0) is 26.9. The Morgan fingerprint density at radius 2 is 2.00 bits per heavy atom. The number of rotatable bonds is 6. The third-order valence-corrected chi connectivity index (χ3v) is 6.86. The van der Waals surface area contributed by atoms with Crippen LogP contribution in [0.15, 0.2) is 57.5 Å². The van der Waals surface area contributed by atoms with E-state index in [1.54, 1.807) is 26.0 Å². The van der Waals surface area contributed by atoms with Gasteiger partial charge in [-0.15, -0.1) is 0 Å². The van der Waals surface area contributed by atoms with Crippen LogP contribution in [0.3, 0.4) is 0 Å². The molecule has 0 radical (unpaired) electrons. The van der Waals surface area contributed by atoms with Crippen LogP contribution in [0.2, 0.25) is 5.02 Å². The van der Waals surface area contributed by atoms with Gasteiger partial charge in [0.05, 0.1) is 40.6 Å². The first-order valence-electron chi connectivity index (χ1n) is 11.2. The van der Waals surface area contributed by atoms with Crippen LogP contribution in [-0.4, -0.2) is 30.2 Å². The predicted octanol–water partition coefficient (Wildman–Crippen LogP) is 3.52. The molecule has 1 aliphatic rings. The van der Waals surface area contributed by atoms with Crippen LogP contribution in [0.1, 0.15) is 37.9 Å². The lowest BCUT2D eigenvalue weighted by Crippen LogP contribution is -2.40. The number of thiazole rings is 1. The smallest absolute Gasteiger partial charge is 0.338 e. The number of allylic oxidation sites excluding steroid dienone is 1. The van der Waals surface area contributed by atoms with Crippen molar-refractivity contribution >= 4 is 41.0 Å². The molecular formula is C26H22ClFN2O6S. The summed E-state index contributed by atoms with van der Waals surface area (Å²) < 4.78 is 31.9. The van der Waals surface area contributed by atoms with Gasteiger partial charge in [-0.25, -0.2) is 14.2 Å². The van der Waals surface area contributed by atoms with Gasteiger partial charge in [-0.05, 0) is 49.8 Å². The molecule has 0 aliphatic carbocycles. The van der Waals surface area contributed by atoms with Crippen LogP contribution < -0.4 is 24.4 Å². The zero-order valence-electron chi connectivity index (χ0n) is 20.3. The standard InChI is InChI=1S/C26H22ClFN2O6S/c1-5-35-25(33)22-13(2)29-26-30(23(22)15-9-10-19(36-14(3)31)20(11-15)34-4)24(32)21(37-26)12-16-17(27)7-6-8-18(16)28/h6-12,23H,5H2,1-4H3/b21-12-. The summed E-state index contributed by atoms with van der Waals surface area (Å²) in [5.41, 5.74) is 0.585. The van der Waals surface area contributed by atoms with Crippen molar-refractivity contribution in [2.24, 2.45) is 4.99 Å². The molecule has 0 spiro atoms. The lowest BCUT2D eigenvalue weighted by molar-refractivity contribution is -0.139. The highest BCUT2D eigenvalue weighted by atomic mass is 35.5. The molecule has 0 saturated heterocycles. The summed E-state index contributed by atoms with van der Waals surface area (Å²) in [7, 11) is 1.41. The molecule has 1 atom stereocenters. The molecule has 192 valence electrons. The topological polar surface area (TPSA) is 96.2 Å². The number of esters is 2. The minimum Gasteiger partial charge on any atom is -0.493 e. The fourth-order valence-electron chi connectivity index (χ4n) is 3.98. The summed E-state index contributed by atoms with van der Waals surface area (Å²) in [6, 6.07) is 8.02. The molecule has 4 rings (SSSR count). The van der Waals surface area contributed by atoms with E-state index in [0.717, 1.165) is 11.3 Å². The van der Waals surface area contributed by atoms with E-state index in [1.165, 1.54) is 48.9 Å². The molecule has 2 heterocycles. The van der Waals surface area contributed by atoms with Gasteiger partial charge in [-0.1, -0.05) is 35.1 Å². The molecule has 2 aromatic carbocycles. The van der Waals surface area contributed by atoms with E-state index in [9.17, 15) is 18.8 Å². The number of benzene rings is 2. The fraction of sp³-hybridized carbons (Fsp3) is 0.231. The van der Waals surface area contributed by atoms with Crippen molar-refractivity contribution in [2.75, 3.05) is 13.7 Å². The molecule has 0 N–H and O–H groups in total. The lowest BCUT2D eigenvalue weighted by Gasteiger charge is -2.25. The molecule has 0 saturated carbocycles. The van der Waals surface area contributed by atoms with Crippen LogP contribution in [-0.2, 0) is 14.3 Å². The fourth-order valence-corrected chi connectivity index (χ4v) is 5.23. The Bertz CT molecular complexity index is 1600. The van der Waals surface area contributed by atoms with Gasteiger partial charge in [0, 0.05) is 12.5 Å². The molecule has 8 nitrogen and oxygen atoms in total. The average molecular weight is 545 g/mol.